The SMILES string of the molecule is CCCCC(NC(=O)CCc1ccc(CC)cc1)C(=O)O. The van der Waals surface area contributed by atoms with E-state index in [-0.39, 0.29) is 5.91 Å². The van der Waals surface area contributed by atoms with Crippen molar-refractivity contribution >= 4 is 11.9 Å². The van der Waals surface area contributed by atoms with Gasteiger partial charge in [-0.2, -0.15) is 0 Å². The highest BCUT2D eigenvalue weighted by molar-refractivity contribution is 5.83. The molecule has 1 unspecified atom stereocenters. The van der Waals surface area contributed by atoms with Crippen molar-refractivity contribution in [2.45, 2.75) is 58.4 Å². The zero-order chi connectivity index (χ0) is 15.7. The molecule has 116 valence electrons. The Labute approximate surface area is 126 Å². The first-order valence-corrected chi connectivity index (χ1v) is 7.66. The minimum atomic E-state index is -0.955. The minimum Gasteiger partial charge on any atom is -0.480 e. The molecule has 2 N–H and O–H groups in total. The molecule has 0 aliphatic carbocycles. The van der Waals surface area contributed by atoms with Gasteiger partial charge in [0.2, 0.25) is 5.91 Å². The van der Waals surface area contributed by atoms with E-state index in [4.69, 9.17) is 5.11 Å². The monoisotopic (exact) mass is 291 g/mol. The van der Waals surface area contributed by atoms with Crippen LogP contribution in [0.5, 0.6) is 0 Å². The number of hydrogen-bond donors (Lipinski definition) is 2. The van der Waals surface area contributed by atoms with Crippen molar-refractivity contribution < 1.29 is 14.7 Å². The summed E-state index contributed by atoms with van der Waals surface area (Å²) in [5.41, 5.74) is 2.37. The molecule has 4 nitrogen and oxygen atoms in total. The largest absolute Gasteiger partial charge is 0.480 e. The summed E-state index contributed by atoms with van der Waals surface area (Å²) < 4.78 is 0. The number of rotatable bonds is 9. The van der Waals surface area contributed by atoms with E-state index >= 15 is 0 Å². The van der Waals surface area contributed by atoms with Gasteiger partial charge >= 0.3 is 5.97 Å². The molecule has 0 saturated heterocycles. The molecule has 0 saturated carbocycles. The fourth-order valence-corrected chi connectivity index (χ4v) is 2.13. The van der Waals surface area contributed by atoms with Gasteiger partial charge in [-0.1, -0.05) is 51.0 Å². The lowest BCUT2D eigenvalue weighted by molar-refractivity contribution is -0.142. The quantitative estimate of drug-likeness (QED) is 0.735. The summed E-state index contributed by atoms with van der Waals surface area (Å²) in [6.45, 7) is 4.10. The molecule has 4 heteroatoms. The number of aliphatic carboxylic acids is 1. The summed E-state index contributed by atoms with van der Waals surface area (Å²) in [5, 5.41) is 11.7. The smallest absolute Gasteiger partial charge is 0.326 e. The number of carboxylic acids is 1. The second-order valence-corrected chi connectivity index (χ2v) is 5.27. The Morgan fingerprint density at radius 1 is 1.14 bits per heavy atom. The van der Waals surface area contributed by atoms with Gasteiger partial charge in [0.25, 0.3) is 0 Å². The van der Waals surface area contributed by atoms with Gasteiger partial charge in [0, 0.05) is 6.42 Å². The van der Waals surface area contributed by atoms with Crippen molar-refractivity contribution in [3.63, 3.8) is 0 Å². The van der Waals surface area contributed by atoms with E-state index in [2.05, 4.69) is 24.4 Å². The minimum absolute atomic E-state index is 0.196. The third-order valence-corrected chi connectivity index (χ3v) is 3.55. The van der Waals surface area contributed by atoms with Crippen LogP contribution in [-0.4, -0.2) is 23.0 Å². The second-order valence-electron chi connectivity index (χ2n) is 5.27. The Bertz CT molecular complexity index is 454. The van der Waals surface area contributed by atoms with E-state index in [0.29, 0.717) is 19.3 Å². The number of benzene rings is 1. The molecule has 0 bridgehead atoms. The van der Waals surface area contributed by atoms with Crippen LogP contribution in [0.2, 0.25) is 0 Å². The maximum Gasteiger partial charge on any atom is 0.326 e. The third kappa shape index (κ3) is 6.43. The predicted molar refractivity (Wildman–Crippen MR) is 83.2 cm³/mol. The molecule has 0 spiro atoms. The molecule has 1 amide bonds. The van der Waals surface area contributed by atoms with Crippen LogP contribution in [0.4, 0.5) is 0 Å². The molecule has 1 rings (SSSR count). The second kappa shape index (κ2) is 9.16. The summed E-state index contributed by atoms with van der Waals surface area (Å²) in [5.74, 6) is -1.15. The van der Waals surface area contributed by atoms with Crippen LogP contribution in [0, 0.1) is 0 Å². The van der Waals surface area contributed by atoms with Gasteiger partial charge in [-0.15, -0.1) is 0 Å². The van der Waals surface area contributed by atoms with Crippen LogP contribution in [0.25, 0.3) is 0 Å². The van der Waals surface area contributed by atoms with Crippen molar-refractivity contribution in [2.75, 3.05) is 0 Å². The van der Waals surface area contributed by atoms with Gasteiger partial charge in [0.15, 0.2) is 0 Å². The van der Waals surface area contributed by atoms with Crippen LogP contribution < -0.4 is 5.32 Å². The van der Waals surface area contributed by atoms with E-state index in [1.54, 1.807) is 0 Å². The van der Waals surface area contributed by atoms with Crippen molar-refractivity contribution in [1.29, 1.82) is 0 Å². The third-order valence-electron chi connectivity index (χ3n) is 3.55. The fourth-order valence-electron chi connectivity index (χ4n) is 2.13. The van der Waals surface area contributed by atoms with E-state index in [1.807, 2.05) is 19.1 Å². The van der Waals surface area contributed by atoms with Gasteiger partial charge in [0.1, 0.15) is 6.04 Å². The first-order valence-electron chi connectivity index (χ1n) is 7.66. The Balaban J connectivity index is 2.42. The number of amides is 1. The van der Waals surface area contributed by atoms with Crippen LogP contribution >= 0.6 is 0 Å². The molecule has 0 fully saturated rings. The Morgan fingerprint density at radius 3 is 2.29 bits per heavy atom. The molecule has 1 aromatic carbocycles. The lowest BCUT2D eigenvalue weighted by Gasteiger charge is -2.14. The van der Waals surface area contributed by atoms with Crippen molar-refractivity contribution in [2.24, 2.45) is 0 Å². The van der Waals surface area contributed by atoms with E-state index in [0.717, 1.165) is 24.8 Å². The maximum absolute atomic E-state index is 11.8. The van der Waals surface area contributed by atoms with Crippen LogP contribution in [0.3, 0.4) is 0 Å². The average Bonchev–Trinajstić information content (AvgIpc) is 2.49. The normalized spacial score (nSPS) is 11.9. The van der Waals surface area contributed by atoms with Crippen LogP contribution in [-0.2, 0) is 22.4 Å². The Kier molecular flexibility index (Phi) is 7.51. The van der Waals surface area contributed by atoms with Gasteiger partial charge in [-0.25, -0.2) is 4.79 Å². The summed E-state index contributed by atoms with van der Waals surface area (Å²) in [4.78, 5) is 22.9. The van der Waals surface area contributed by atoms with Crippen molar-refractivity contribution in [1.82, 2.24) is 5.32 Å². The number of carbonyl (C=O) groups is 2. The molecule has 1 aromatic rings. The van der Waals surface area contributed by atoms with E-state index < -0.39 is 12.0 Å². The Morgan fingerprint density at radius 2 is 1.76 bits per heavy atom. The topological polar surface area (TPSA) is 66.4 Å². The number of unbranched alkanes of at least 4 members (excludes halogenated alkanes) is 1. The predicted octanol–water partition coefficient (Wildman–Crippen LogP) is 2.94. The average molecular weight is 291 g/mol. The van der Waals surface area contributed by atoms with Crippen molar-refractivity contribution in [3.05, 3.63) is 35.4 Å². The number of hydrogen-bond acceptors (Lipinski definition) is 2. The lowest BCUT2D eigenvalue weighted by Crippen LogP contribution is -2.40. The number of nitrogens with one attached hydrogen (secondary N) is 1. The Hall–Kier alpha value is -1.84. The lowest BCUT2D eigenvalue weighted by atomic mass is 10.1. The molecule has 0 aliphatic heterocycles. The zero-order valence-corrected chi connectivity index (χ0v) is 12.9. The highest BCUT2D eigenvalue weighted by Gasteiger charge is 2.18. The number of carbonyl (C=O) groups excluding carboxylic acids is 1. The molecular weight excluding hydrogens is 266 g/mol. The first kappa shape index (κ1) is 17.2. The zero-order valence-electron chi connectivity index (χ0n) is 12.9. The molecule has 0 heterocycles. The maximum atomic E-state index is 11.8. The highest BCUT2D eigenvalue weighted by Crippen LogP contribution is 2.08. The van der Waals surface area contributed by atoms with Gasteiger partial charge in [-0.3, -0.25) is 4.79 Å². The van der Waals surface area contributed by atoms with Gasteiger partial charge < -0.3 is 10.4 Å². The first-order chi connectivity index (χ1) is 10.1. The van der Waals surface area contributed by atoms with E-state index in [9.17, 15) is 9.59 Å². The van der Waals surface area contributed by atoms with Crippen LogP contribution in [0.15, 0.2) is 24.3 Å². The highest BCUT2D eigenvalue weighted by atomic mass is 16.4. The fraction of sp³-hybridized carbons (Fsp3) is 0.529. The molecule has 0 radical (unpaired) electrons. The molecule has 0 aliphatic rings. The van der Waals surface area contributed by atoms with Crippen LogP contribution in [0.1, 0.15) is 50.7 Å². The summed E-state index contributed by atoms with van der Waals surface area (Å²) in [7, 11) is 0. The number of carboxylic acid groups (broad SMARTS) is 1. The van der Waals surface area contributed by atoms with Gasteiger partial charge in [-0.05, 0) is 30.4 Å². The summed E-state index contributed by atoms with van der Waals surface area (Å²) >= 11 is 0. The van der Waals surface area contributed by atoms with Crippen molar-refractivity contribution in [3.8, 4) is 0 Å². The molecule has 21 heavy (non-hydrogen) atoms. The molecule has 0 aromatic heterocycles. The van der Waals surface area contributed by atoms with E-state index in [1.165, 1.54) is 5.56 Å². The summed E-state index contributed by atoms with van der Waals surface area (Å²) in [6, 6.07) is 7.42. The molecule has 1 atom stereocenters. The number of aryl methyl sites for hydroxylation is 2. The standard InChI is InChI=1S/C17H25NO3/c1-3-5-6-15(17(20)21)18-16(19)12-11-14-9-7-13(4-2)8-10-14/h7-10,15H,3-6,11-12H2,1-2H3,(H,18,19)(H,20,21). The molecular formula is C17H25NO3. The summed E-state index contributed by atoms with van der Waals surface area (Å²) in [6.07, 6.45) is 4.16. The van der Waals surface area contributed by atoms with Gasteiger partial charge in [0.05, 0.1) is 0 Å².